The Hall–Kier alpha value is -1.33. The summed E-state index contributed by atoms with van der Waals surface area (Å²) < 4.78 is 18.3. The highest BCUT2D eigenvalue weighted by atomic mass is 35.5. The van der Waals surface area contributed by atoms with Gasteiger partial charge >= 0.3 is 6.09 Å². The van der Waals surface area contributed by atoms with Crippen molar-refractivity contribution in [2.75, 3.05) is 0 Å². The van der Waals surface area contributed by atoms with Gasteiger partial charge in [-0.05, 0) is 45.4 Å². The van der Waals surface area contributed by atoms with E-state index in [0.717, 1.165) is 0 Å². The molecule has 2 N–H and O–H groups in total. The van der Waals surface area contributed by atoms with Gasteiger partial charge in [0.25, 0.3) is 0 Å². The van der Waals surface area contributed by atoms with Crippen molar-refractivity contribution in [1.82, 2.24) is 5.32 Å². The largest absolute Gasteiger partial charge is 0.444 e. The van der Waals surface area contributed by atoms with Gasteiger partial charge in [0.05, 0.1) is 17.2 Å². The summed E-state index contributed by atoms with van der Waals surface area (Å²) in [6.45, 7) is 6.72. The van der Waals surface area contributed by atoms with E-state index in [0.29, 0.717) is 5.56 Å². The van der Waals surface area contributed by atoms with Gasteiger partial charge in [-0.1, -0.05) is 17.7 Å². The first-order valence-corrected chi connectivity index (χ1v) is 6.60. The van der Waals surface area contributed by atoms with Crippen molar-refractivity contribution in [3.05, 3.63) is 34.6 Å². The zero-order chi connectivity index (χ0) is 15.5. The van der Waals surface area contributed by atoms with Crippen LogP contribution in [0.15, 0.2) is 18.2 Å². The van der Waals surface area contributed by atoms with Crippen molar-refractivity contribution in [3.63, 3.8) is 0 Å². The summed E-state index contributed by atoms with van der Waals surface area (Å²) in [5.74, 6) is -0.558. The zero-order valence-corrected chi connectivity index (χ0v) is 12.7. The summed E-state index contributed by atoms with van der Waals surface area (Å²) in [5, 5.41) is 12.2. The Morgan fingerprint density at radius 1 is 1.45 bits per heavy atom. The minimum atomic E-state index is -0.885. The third-order valence-corrected chi connectivity index (χ3v) is 2.75. The van der Waals surface area contributed by atoms with E-state index in [1.807, 2.05) is 0 Å². The Labute approximate surface area is 122 Å². The highest BCUT2D eigenvalue weighted by Gasteiger charge is 2.24. The molecule has 0 saturated heterocycles. The molecule has 0 fully saturated rings. The van der Waals surface area contributed by atoms with E-state index in [-0.39, 0.29) is 5.02 Å². The lowest BCUT2D eigenvalue weighted by atomic mass is 10.0. The molecule has 1 amide bonds. The Morgan fingerprint density at radius 2 is 2.05 bits per heavy atom. The first-order valence-electron chi connectivity index (χ1n) is 6.22. The zero-order valence-electron chi connectivity index (χ0n) is 11.9. The van der Waals surface area contributed by atoms with E-state index in [9.17, 15) is 14.3 Å². The summed E-state index contributed by atoms with van der Waals surface area (Å²) in [6, 6.07) is 3.27. The van der Waals surface area contributed by atoms with E-state index in [2.05, 4.69) is 5.32 Å². The summed E-state index contributed by atoms with van der Waals surface area (Å²) in [4.78, 5) is 11.7. The molecular weight excluding hydrogens is 285 g/mol. The second-order valence-electron chi connectivity index (χ2n) is 5.54. The predicted octanol–water partition coefficient (Wildman–Crippen LogP) is 3.43. The number of rotatable bonds is 3. The van der Waals surface area contributed by atoms with Crippen molar-refractivity contribution in [3.8, 4) is 0 Å². The molecule has 1 aromatic rings. The number of aliphatic hydroxyl groups is 1. The molecule has 0 aliphatic carbocycles. The smallest absolute Gasteiger partial charge is 0.408 e. The fraction of sp³-hybridized carbons (Fsp3) is 0.500. The molecule has 0 bridgehead atoms. The number of nitrogens with one attached hydrogen (secondary N) is 1. The maximum atomic E-state index is 13.1. The maximum absolute atomic E-state index is 13.1. The van der Waals surface area contributed by atoms with Gasteiger partial charge < -0.3 is 15.2 Å². The van der Waals surface area contributed by atoms with Crippen molar-refractivity contribution in [2.24, 2.45) is 0 Å². The van der Waals surface area contributed by atoms with Crippen LogP contribution < -0.4 is 5.32 Å². The van der Waals surface area contributed by atoms with Gasteiger partial charge in [-0.2, -0.15) is 0 Å². The first kappa shape index (κ1) is 16.7. The van der Waals surface area contributed by atoms with E-state index in [1.54, 1.807) is 20.8 Å². The van der Waals surface area contributed by atoms with E-state index >= 15 is 0 Å². The molecule has 112 valence electrons. The first-order chi connectivity index (χ1) is 9.10. The Bertz CT molecular complexity index is 486. The third-order valence-electron chi connectivity index (χ3n) is 2.46. The molecule has 0 saturated carbocycles. The second kappa shape index (κ2) is 6.41. The lowest BCUT2D eigenvalue weighted by Crippen LogP contribution is -2.38. The van der Waals surface area contributed by atoms with Crippen LogP contribution in [0.3, 0.4) is 0 Å². The van der Waals surface area contributed by atoms with Crippen molar-refractivity contribution in [1.29, 1.82) is 0 Å². The van der Waals surface area contributed by atoms with Gasteiger partial charge in [0.15, 0.2) is 0 Å². The molecule has 6 heteroatoms. The fourth-order valence-corrected chi connectivity index (χ4v) is 1.81. The van der Waals surface area contributed by atoms with E-state index < -0.39 is 29.7 Å². The Kier molecular flexibility index (Phi) is 5.36. The van der Waals surface area contributed by atoms with Gasteiger partial charge in [-0.15, -0.1) is 0 Å². The van der Waals surface area contributed by atoms with Gasteiger partial charge in [0, 0.05) is 0 Å². The fourth-order valence-electron chi connectivity index (χ4n) is 1.62. The molecule has 0 aromatic heterocycles. The van der Waals surface area contributed by atoms with Crippen LogP contribution in [-0.4, -0.2) is 22.9 Å². The van der Waals surface area contributed by atoms with Crippen LogP contribution in [0, 0.1) is 5.82 Å². The standard InChI is InChI=1S/C14H19ClFNO3/c1-8(18)12(17-13(19)20-14(2,3)4)9-5-6-11(16)10(15)7-9/h5-8,12,18H,1-4H3,(H,17,19)/t8-,12-/m1/s1. The monoisotopic (exact) mass is 303 g/mol. The summed E-state index contributed by atoms with van der Waals surface area (Å²) in [6.07, 6.45) is -1.55. The van der Waals surface area contributed by atoms with Gasteiger partial charge in [0.1, 0.15) is 11.4 Å². The average Bonchev–Trinajstić information content (AvgIpc) is 2.27. The third kappa shape index (κ3) is 4.98. The Morgan fingerprint density at radius 3 is 2.50 bits per heavy atom. The van der Waals surface area contributed by atoms with E-state index in [4.69, 9.17) is 16.3 Å². The minimum absolute atomic E-state index is 0.0702. The van der Waals surface area contributed by atoms with Gasteiger partial charge in [-0.3, -0.25) is 0 Å². The molecular formula is C14H19ClFNO3. The molecule has 1 aromatic carbocycles. The normalized spacial score (nSPS) is 14.6. The van der Waals surface area contributed by atoms with Gasteiger partial charge in [0.2, 0.25) is 0 Å². The number of hydrogen-bond acceptors (Lipinski definition) is 3. The van der Waals surface area contributed by atoms with Crippen LogP contribution in [0.1, 0.15) is 39.3 Å². The highest BCUT2D eigenvalue weighted by Crippen LogP contribution is 2.23. The molecule has 0 aliphatic rings. The topological polar surface area (TPSA) is 58.6 Å². The number of alkyl carbamates (subject to hydrolysis) is 1. The van der Waals surface area contributed by atoms with Crippen molar-refractivity contribution >= 4 is 17.7 Å². The molecule has 4 nitrogen and oxygen atoms in total. The number of aliphatic hydroxyl groups excluding tert-OH is 1. The molecule has 2 atom stereocenters. The lowest BCUT2D eigenvalue weighted by molar-refractivity contribution is 0.0436. The predicted molar refractivity (Wildman–Crippen MR) is 75.2 cm³/mol. The molecule has 20 heavy (non-hydrogen) atoms. The van der Waals surface area contributed by atoms with Crippen molar-refractivity contribution in [2.45, 2.75) is 45.4 Å². The molecule has 0 spiro atoms. The molecule has 0 aliphatic heterocycles. The molecule has 0 radical (unpaired) electrons. The minimum Gasteiger partial charge on any atom is -0.444 e. The number of halogens is 2. The molecule has 0 unspecified atom stereocenters. The number of amides is 1. The summed E-state index contributed by atoms with van der Waals surface area (Å²) >= 11 is 5.71. The number of ether oxygens (including phenoxy) is 1. The van der Waals surface area contributed by atoms with Crippen LogP contribution >= 0.6 is 11.6 Å². The van der Waals surface area contributed by atoms with Crippen LogP contribution in [0.4, 0.5) is 9.18 Å². The number of carbonyl (C=O) groups excluding carboxylic acids is 1. The molecule has 1 rings (SSSR count). The van der Waals surface area contributed by atoms with Gasteiger partial charge in [-0.25, -0.2) is 9.18 Å². The molecule has 0 heterocycles. The van der Waals surface area contributed by atoms with Crippen LogP contribution in [0.25, 0.3) is 0 Å². The number of carbonyl (C=O) groups is 1. The van der Waals surface area contributed by atoms with Crippen molar-refractivity contribution < 1.29 is 19.0 Å². The number of hydrogen-bond donors (Lipinski definition) is 2. The summed E-state index contributed by atoms with van der Waals surface area (Å²) in [7, 11) is 0. The maximum Gasteiger partial charge on any atom is 0.408 e. The SMILES string of the molecule is C[C@@H](O)[C@@H](NC(=O)OC(C)(C)C)c1ccc(F)c(Cl)c1. The summed E-state index contributed by atoms with van der Waals surface area (Å²) in [5.41, 5.74) is -0.148. The van der Waals surface area contributed by atoms with E-state index in [1.165, 1.54) is 25.1 Å². The second-order valence-corrected chi connectivity index (χ2v) is 5.95. The average molecular weight is 304 g/mol. The Balaban J connectivity index is 2.89. The lowest BCUT2D eigenvalue weighted by Gasteiger charge is -2.25. The number of benzene rings is 1. The highest BCUT2D eigenvalue weighted by molar-refractivity contribution is 6.30. The quantitative estimate of drug-likeness (QED) is 0.899. The van der Waals surface area contributed by atoms with Crippen LogP contribution in [-0.2, 0) is 4.74 Å². The van der Waals surface area contributed by atoms with Crippen LogP contribution in [0.5, 0.6) is 0 Å². The van der Waals surface area contributed by atoms with Crippen LogP contribution in [0.2, 0.25) is 5.02 Å².